The molecule has 0 radical (unpaired) electrons. The maximum Gasteiger partial charge on any atom is 0.411 e. The fourth-order valence-corrected chi connectivity index (χ4v) is 2.11. The highest BCUT2D eigenvalue weighted by Crippen LogP contribution is 2.11. The summed E-state index contributed by atoms with van der Waals surface area (Å²) >= 11 is 0. The van der Waals surface area contributed by atoms with Crippen LogP contribution in [0.15, 0.2) is 30.3 Å². The van der Waals surface area contributed by atoms with Crippen molar-refractivity contribution in [2.24, 2.45) is 0 Å². The number of ether oxygens (including phenoxy) is 1. The van der Waals surface area contributed by atoms with Crippen LogP contribution in [0.2, 0.25) is 0 Å². The molecule has 1 heterocycles. The summed E-state index contributed by atoms with van der Waals surface area (Å²) in [5, 5.41) is 3.32. The van der Waals surface area contributed by atoms with E-state index in [0.717, 1.165) is 24.9 Å². The quantitative estimate of drug-likeness (QED) is 0.892. The highest BCUT2D eigenvalue weighted by Gasteiger charge is 2.22. The number of carbonyl (C=O) groups is 1. The van der Waals surface area contributed by atoms with E-state index in [1.54, 1.807) is 11.9 Å². The topological polar surface area (TPSA) is 41.6 Å². The predicted octanol–water partition coefficient (Wildman–Crippen LogP) is 2.35. The number of nitrogens with zero attached hydrogens (tertiary/aromatic N) is 1. The number of hydrogen-bond donors (Lipinski definition) is 1. The van der Waals surface area contributed by atoms with Crippen LogP contribution in [0.5, 0.6) is 0 Å². The largest absolute Gasteiger partial charge is 0.445 e. The second-order valence-electron chi connectivity index (χ2n) is 4.62. The maximum absolute atomic E-state index is 11.9. The van der Waals surface area contributed by atoms with E-state index in [1.165, 1.54) is 6.42 Å². The predicted molar refractivity (Wildman–Crippen MR) is 70.0 cm³/mol. The van der Waals surface area contributed by atoms with Crippen molar-refractivity contribution in [3.05, 3.63) is 35.9 Å². The van der Waals surface area contributed by atoms with Gasteiger partial charge in [-0.2, -0.15) is 0 Å². The van der Waals surface area contributed by atoms with Gasteiger partial charge in [0.25, 0.3) is 0 Å². The van der Waals surface area contributed by atoms with Crippen molar-refractivity contribution in [1.82, 2.24) is 10.2 Å². The van der Waals surface area contributed by atoms with Gasteiger partial charge in [-0.1, -0.05) is 30.3 Å². The molecule has 1 aliphatic rings. The van der Waals surface area contributed by atoms with Gasteiger partial charge < -0.3 is 4.74 Å². The van der Waals surface area contributed by atoms with E-state index in [9.17, 15) is 4.79 Å². The molecule has 1 N–H and O–H groups in total. The van der Waals surface area contributed by atoms with Crippen LogP contribution in [0, 0.1) is 0 Å². The highest BCUT2D eigenvalue weighted by molar-refractivity contribution is 5.67. The smallest absolute Gasteiger partial charge is 0.411 e. The molecule has 0 spiro atoms. The van der Waals surface area contributed by atoms with Gasteiger partial charge in [0, 0.05) is 7.05 Å². The molecule has 1 saturated heterocycles. The van der Waals surface area contributed by atoms with Gasteiger partial charge in [0.15, 0.2) is 0 Å². The van der Waals surface area contributed by atoms with Gasteiger partial charge in [-0.3, -0.25) is 10.2 Å². The Hall–Kier alpha value is -1.55. The molecular weight excluding hydrogens is 228 g/mol. The van der Waals surface area contributed by atoms with Crippen molar-refractivity contribution in [3.63, 3.8) is 0 Å². The van der Waals surface area contributed by atoms with Gasteiger partial charge in [-0.15, -0.1) is 0 Å². The van der Waals surface area contributed by atoms with Gasteiger partial charge in [0.05, 0.1) is 6.17 Å². The molecule has 1 fully saturated rings. The molecule has 18 heavy (non-hydrogen) atoms. The molecule has 98 valence electrons. The summed E-state index contributed by atoms with van der Waals surface area (Å²) in [5.74, 6) is 0. The second-order valence-corrected chi connectivity index (χ2v) is 4.62. The van der Waals surface area contributed by atoms with Crippen LogP contribution in [-0.2, 0) is 11.3 Å². The molecule has 0 unspecified atom stereocenters. The fourth-order valence-electron chi connectivity index (χ4n) is 2.11. The minimum atomic E-state index is -0.266. The van der Waals surface area contributed by atoms with E-state index >= 15 is 0 Å². The van der Waals surface area contributed by atoms with Gasteiger partial charge >= 0.3 is 6.09 Å². The first-order chi connectivity index (χ1) is 8.77. The molecule has 1 atom stereocenters. The van der Waals surface area contributed by atoms with Crippen molar-refractivity contribution >= 4 is 6.09 Å². The Morgan fingerprint density at radius 2 is 2.17 bits per heavy atom. The molecule has 1 aliphatic heterocycles. The standard InChI is InChI=1S/C14H20N2O2/c1-16(13-9-5-6-10-15-13)14(17)18-11-12-7-3-2-4-8-12/h2-4,7-8,13,15H,5-6,9-11H2,1H3/t13-/m0/s1. The van der Waals surface area contributed by atoms with E-state index in [0.29, 0.717) is 6.61 Å². The Kier molecular flexibility index (Phi) is 4.59. The molecular formula is C14H20N2O2. The Bertz CT molecular complexity index is 375. The first-order valence-corrected chi connectivity index (χ1v) is 6.44. The zero-order valence-corrected chi connectivity index (χ0v) is 10.8. The van der Waals surface area contributed by atoms with Gasteiger partial charge in [-0.25, -0.2) is 4.79 Å². The Labute approximate surface area is 108 Å². The number of carbonyl (C=O) groups excluding carboxylic acids is 1. The molecule has 1 amide bonds. The zero-order chi connectivity index (χ0) is 12.8. The van der Waals surface area contributed by atoms with E-state index in [2.05, 4.69) is 5.32 Å². The normalized spacial score (nSPS) is 19.3. The van der Waals surface area contributed by atoms with E-state index in [1.807, 2.05) is 30.3 Å². The van der Waals surface area contributed by atoms with Gasteiger partial charge in [0.1, 0.15) is 6.61 Å². The SMILES string of the molecule is CN(C(=O)OCc1ccccc1)[C@H]1CCCCN1. The minimum absolute atomic E-state index is 0.113. The van der Waals surface area contributed by atoms with Crippen molar-refractivity contribution in [1.29, 1.82) is 0 Å². The fraction of sp³-hybridized carbons (Fsp3) is 0.500. The molecule has 4 nitrogen and oxygen atoms in total. The Morgan fingerprint density at radius 1 is 1.39 bits per heavy atom. The molecule has 1 aromatic rings. The van der Waals surface area contributed by atoms with Crippen LogP contribution in [0.25, 0.3) is 0 Å². The molecule has 4 heteroatoms. The lowest BCUT2D eigenvalue weighted by atomic mass is 10.1. The number of benzene rings is 1. The summed E-state index contributed by atoms with van der Waals surface area (Å²) in [6, 6.07) is 9.73. The van der Waals surface area contributed by atoms with Crippen molar-refractivity contribution in [3.8, 4) is 0 Å². The third kappa shape index (κ3) is 3.47. The van der Waals surface area contributed by atoms with Crippen molar-refractivity contribution in [2.45, 2.75) is 32.0 Å². The lowest BCUT2D eigenvalue weighted by Gasteiger charge is -2.31. The van der Waals surface area contributed by atoms with Crippen LogP contribution in [-0.4, -0.2) is 30.8 Å². The first kappa shape index (κ1) is 12.9. The lowest BCUT2D eigenvalue weighted by Crippen LogP contribution is -2.48. The van der Waals surface area contributed by atoms with Gasteiger partial charge in [-0.05, 0) is 31.4 Å². The summed E-state index contributed by atoms with van der Waals surface area (Å²) in [4.78, 5) is 13.5. The van der Waals surface area contributed by atoms with Gasteiger partial charge in [0.2, 0.25) is 0 Å². The van der Waals surface area contributed by atoms with Crippen LogP contribution in [0.1, 0.15) is 24.8 Å². The van der Waals surface area contributed by atoms with Crippen LogP contribution < -0.4 is 5.32 Å². The summed E-state index contributed by atoms with van der Waals surface area (Å²) in [7, 11) is 1.79. The monoisotopic (exact) mass is 248 g/mol. The average Bonchev–Trinajstić information content (AvgIpc) is 2.46. The number of piperidine rings is 1. The summed E-state index contributed by atoms with van der Waals surface area (Å²) in [5.41, 5.74) is 1.01. The summed E-state index contributed by atoms with van der Waals surface area (Å²) < 4.78 is 5.29. The molecule has 2 rings (SSSR count). The van der Waals surface area contributed by atoms with Crippen molar-refractivity contribution in [2.75, 3.05) is 13.6 Å². The molecule has 0 aromatic heterocycles. The number of nitrogens with one attached hydrogen (secondary N) is 1. The van der Waals surface area contributed by atoms with E-state index < -0.39 is 0 Å². The first-order valence-electron chi connectivity index (χ1n) is 6.44. The molecule has 0 bridgehead atoms. The summed E-state index contributed by atoms with van der Waals surface area (Å²) in [6.45, 7) is 1.30. The number of amides is 1. The zero-order valence-electron chi connectivity index (χ0n) is 10.8. The number of rotatable bonds is 3. The van der Waals surface area contributed by atoms with Crippen molar-refractivity contribution < 1.29 is 9.53 Å². The Morgan fingerprint density at radius 3 is 2.83 bits per heavy atom. The van der Waals surface area contributed by atoms with E-state index in [4.69, 9.17) is 4.74 Å². The third-order valence-electron chi connectivity index (χ3n) is 3.24. The van der Waals surface area contributed by atoms with E-state index in [-0.39, 0.29) is 12.3 Å². The molecule has 1 aromatic carbocycles. The van der Waals surface area contributed by atoms with Crippen LogP contribution in [0.3, 0.4) is 0 Å². The number of hydrogen-bond acceptors (Lipinski definition) is 3. The Balaban J connectivity index is 1.80. The molecule has 0 aliphatic carbocycles. The average molecular weight is 248 g/mol. The third-order valence-corrected chi connectivity index (χ3v) is 3.24. The van der Waals surface area contributed by atoms with Crippen LogP contribution in [0.4, 0.5) is 4.79 Å². The molecule has 0 saturated carbocycles. The van der Waals surface area contributed by atoms with Crippen LogP contribution >= 0.6 is 0 Å². The summed E-state index contributed by atoms with van der Waals surface area (Å²) in [6.07, 6.45) is 3.19. The highest BCUT2D eigenvalue weighted by atomic mass is 16.6. The second kappa shape index (κ2) is 6.40. The lowest BCUT2D eigenvalue weighted by molar-refractivity contribution is 0.0784. The minimum Gasteiger partial charge on any atom is -0.445 e. The maximum atomic E-state index is 11.9.